The molecule has 4 rings (SSSR count). The molecule has 0 saturated heterocycles. The van der Waals surface area contributed by atoms with Crippen LogP contribution in [0.1, 0.15) is 22.1 Å². The second-order valence-electron chi connectivity index (χ2n) is 6.47. The van der Waals surface area contributed by atoms with Gasteiger partial charge < -0.3 is 14.8 Å². The highest BCUT2D eigenvalue weighted by molar-refractivity contribution is 6.32. The summed E-state index contributed by atoms with van der Waals surface area (Å²) in [6, 6.07) is 18.1. The fraction of sp³-hybridized carbons (Fsp3) is 0.136. The van der Waals surface area contributed by atoms with Gasteiger partial charge in [-0.05, 0) is 36.4 Å². The van der Waals surface area contributed by atoms with E-state index in [0.29, 0.717) is 32.8 Å². The Labute approximate surface area is 178 Å². The van der Waals surface area contributed by atoms with Crippen molar-refractivity contribution in [2.45, 2.75) is 6.17 Å². The highest BCUT2D eigenvalue weighted by atomic mass is 35.5. The first-order valence-corrected chi connectivity index (χ1v) is 9.65. The summed E-state index contributed by atoms with van der Waals surface area (Å²) in [5, 5.41) is 4.45. The maximum atomic E-state index is 13.2. The first-order valence-electron chi connectivity index (χ1n) is 8.89. The van der Waals surface area contributed by atoms with Gasteiger partial charge >= 0.3 is 0 Å². The van der Waals surface area contributed by atoms with Gasteiger partial charge in [0.2, 0.25) is 0 Å². The summed E-state index contributed by atoms with van der Waals surface area (Å²) in [5.41, 5.74) is 2.87. The van der Waals surface area contributed by atoms with E-state index in [-0.39, 0.29) is 5.91 Å². The molecule has 0 radical (unpaired) electrons. The van der Waals surface area contributed by atoms with E-state index in [9.17, 15) is 4.79 Å². The maximum Gasteiger partial charge on any atom is 0.260 e. The van der Waals surface area contributed by atoms with Crippen LogP contribution in [0.25, 0.3) is 0 Å². The Morgan fingerprint density at radius 3 is 2.31 bits per heavy atom. The van der Waals surface area contributed by atoms with Crippen molar-refractivity contribution in [3.05, 3.63) is 81.8 Å². The summed E-state index contributed by atoms with van der Waals surface area (Å²) in [6.45, 7) is 0. The molecule has 1 aliphatic heterocycles. The van der Waals surface area contributed by atoms with Gasteiger partial charge in [-0.2, -0.15) is 0 Å². The molecular formula is C22H18Cl2N2O3. The lowest BCUT2D eigenvalue weighted by Gasteiger charge is -2.28. The summed E-state index contributed by atoms with van der Waals surface area (Å²) < 4.78 is 10.8. The largest absolute Gasteiger partial charge is 0.495 e. The molecule has 148 valence electrons. The predicted molar refractivity (Wildman–Crippen MR) is 116 cm³/mol. The van der Waals surface area contributed by atoms with Crippen molar-refractivity contribution in [2.24, 2.45) is 0 Å². The Balaban J connectivity index is 1.80. The SMILES string of the molecule is COc1cc(OC)c(N[C@@H]2c3ccccc3C(=O)N2c2ccc(Cl)cc2)cc1Cl. The molecule has 5 nitrogen and oxygen atoms in total. The second kappa shape index (κ2) is 7.85. The summed E-state index contributed by atoms with van der Waals surface area (Å²) >= 11 is 12.4. The zero-order valence-corrected chi connectivity index (χ0v) is 17.3. The number of nitrogens with zero attached hydrogens (tertiary/aromatic N) is 1. The third-order valence-corrected chi connectivity index (χ3v) is 5.38. The van der Waals surface area contributed by atoms with Gasteiger partial charge in [0.25, 0.3) is 5.91 Å². The van der Waals surface area contributed by atoms with Gasteiger partial charge in [0.1, 0.15) is 17.7 Å². The molecule has 0 aliphatic carbocycles. The number of halogens is 2. The Bertz CT molecular complexity index is 1070. The third kappa shape index (κ3) is 3.48. The van der Waals surface area contributed by atoms with Crippen molar-refractivity contribution < 1.29 is 14.3 Å². The summed E-state index contributed by atoms with van der Waals surface area (Å²) in [5.74, 6) is 0.963. The Kier molecular flexibility index (Phi) is 5.26. The Morgan fingerprint density at radius 1 is 0.931 bits per heavy atom. The molecule has 1 aliphatic rings. The number of benzene rings is 3. The minimum Gasteiger partial charge on any atom is -0.495 e. The molecule has 29 heavy (non-hydrogen) atoms. The molecule has 0 saturated carbocycles. The lowest BCUT2D eigenvalue weighted by molar-refractivity contribution is 0.0993. The van der Waals surface area contributed by atoms with Gasteiger partial charge in [-0.1, -0.05) is 41.4 Å². The van der Waals surface area contributed by atoms with Gasteiger partial charge in [0, 0.05) is 27.9 Å². The number of methoxy groups -OCH3 is 2. The van der Waals surface area contributed by atoms with Crippen LogP contribution < -0.4 is 19.7 Å². The highest BCUT2D eigenvalue weighted by Crippen LogP contribution is 2.42. The minimum absolute atomic E-state index is 0.0982. The van der Waals surface area contributed by atoms with Crippen LogP contribution in [0.3, 0.4) is 0 Å². The number of fused-ring (bicyclic) bond motifs is 1. The van der Waals surface area contributed by atoms with E-state index in [1.54, 1.807) is 43.4 Å². The fourth-order valence-corrected chi connectivity index (χ4v) is 3.81. The normalized spacial score (nSPS) is 15.2. The van der Waals surface area contributed by atoms with Crippen molar-refractivity contribution >= 4 is 40.5 Å². The smallest absolute Gasteiger partial charge is 0.260 e. The maximum absolute atomic E-state index is 13.2. The van der Waals surface area contributed by atoms with Gasteiger partial charge in [-0.25, -0.2) is 0 Å². The predicted octanol–water partition coefficient (Wildman–Crippen LogP) is 5.78. The minimum atomic E-state index is -0.446. The van der Waals surface area contributed by atoms with Crippen LogP contribution in [-0.2, 0) is 0 Å². The van der Waals surface area contributed by atoms with Crippen LogP contribution in [-0.4, -0.2) is 20.1 Å². The molecule has 0 unspecified atom stereocenters. The van der Waals surface area contributed by atoms with E-state index < -0.39 is 6.17 Å². The number of hydrogen-bond donors (Lipinski definition) is 1. The van der Waals surface area contributed by atoms with Crippen LogP contribution in [0, 0.1) is 0 Å². The first-order chi connectivity index (χ1) is 14.0. The van der Waals surface area contributed by atoms with Gasteiger partial charge in [0.15, 0.2) is 0 Å². The van der Waals surface area contributed by atoms with E-state index in [0.717, 1.165) is 11.3 Å². The van der Waals surface area contributed by atoms with E-state index in [1.807, 2.05) is 36.4 Å². The van der Waals surface area contributed by atoms with Crippen molar-refractivity contribution in [3.63, 3.8) is 0 Å². The van der Waals surface area contributed by atoms with E-state index >= 15 is 0 Å². The van der Waals surface area contributed by atoms with Crippen molar-refractivity contribution in [1.29, 1.82) is 0 Å². The Hall–Kier alpha value is -2.89. The second-order valence-corrected chi connectivity index (χ2v) is 7.32. The molecule has 3 aromatic rings. The number of ether oxygens (including phenoxy) is 2. The van der Waals surface area contributed by atoms with E-state index in [2.05, 4.69) is 5.32 Å². The lowest BCUT2D eigenvalue weighted by atomic mass is 10.1. The molecule has 0 fully saturated rings. The van der Waals surface area contributed by atoms with Crippen LogP contribution in [0.15, 0.2) is 60.7 Å². The third-order valence-electron chi connectivity index (χ3n) is 4.83. The quantitative estimate of drug-likeness (QED) is 0.559. The van der Waals surface area contributed by atoms with Crippen molar-refractivity contribution in [1.82, 2.24) is 0 Å². The number of hydrogen-bond acceptors (Lipinski definition) is 4. The standard InChI is InChI=1S/C22H18Cl2N2O3/c1-28-19-12-20(29-2)18(11-17(19)24)25-21-15-5-3-4-6-16(15)22(27)26(21)14-9-7-13(23)8-10-14/h3-12,21,25H,1-2H3/t21-/m0/s1. The van der Waals surface area contributed by atoms with E-state index in [1.165, 1.54) is 0 Å². The molecule has 1 heterocycles. The molecule has 0 bridgehead atoms. The van der Waals surface area contributed by atoms with Crippen LogP contribution in [0.4, 0.5) is 11.4 Å². The molecule has 0 aromatic heterocycles. The number of carbonyl (C=O) groups is 1. The Morgan fingerprint density at radius 2 is 1.62 bits per heavy atom. The molecule has 1 N–H and O–H groups in total. The average Bonchev–Trinajstić information content (AvgIpc) is 3.01. The molecule has 1 amide bonds. The summed E-state index contributed by atoms with van der Waals surface area (Å²) in [7, 11) is 3.11. The fourth-order valence-electron chi connectivity index (χ4n) is 3.45. The van der Waals surface area contributed by atoms with Gasteiger partial charge in [-0.3, -0.25) is 9.69 Å². The van der Waals surface area contributed by atoms with Gasteiger partial charge in [-0.15, -0.1) is 0 Å². The van der Waals surface area contributed by atoms with E-state index in [4.69, 9.17) is 32.7 Å². The molecule has 0 spiro atoms. The van der Waals surface area contributed by atoms with Gasteiger partial charge in [0.05, 0.1) is 24.9 Å². The molecular weight excluding hydrogens is 411 g/mol. The first kappa shape index (κ1) is 19.4. The van der Waals surface area contributed by atoms with Crippen LogP contribution in [0.5, 0.6) is 11.5 Å². The number of carbonyl (C=O) groups excluding carboxylic acids is 1. The van der Waals surface area contributed by atoms with Crippen LogP contribution >= 0.6 is 23.2 Å². The number of nitrogens with one attached hydrogen (secondary N) is 1. The monoisotopic (exact) mass is 428 g/mol. The number of anilines is 2. The van der Waals surface area contributed by atoms with Crippen molar-refractivity contribution in [3.8, 4) is 11.5 Å². The van der Waals surface area contributed by atoms with Crippen LogP contribution in [0.2, 0.25) is 10.0 Å². The highest BCUT2D eigenvalue weighted by Gasteiger charge is 2.38. The zero-order valence-electron chi connectivity index (χ0n) is 15.8. The lowest BCUT2D eigenvalue weighted by Crippen LogP contribution is -2.32. The number of rotatable bonds is 5. The molecule has 3 aromatic carbocycles. The summed E-state index contributed by atoms with van der Waals surface area (Å²) in [4.78, 5) is 14.9. The van der Waals surface area contributed by atoms with Crippen molar-refractivity contribution in [2.75, 3.05) is 24.4 Å². The topological polar surface area (TPSA) is 50.8 Å². The average molecular weight is 429 g/mol. The molecule has 7 heteroatoms. The molecule has 1 atom stereocenters. The zero-order chi connectivity index (χ0) is 20.5. The summed E-state index contributed by atoms with van der Waals surface area (Å²) in [6.07, 6.45) is -0.446. The number of amides is 1.